The zero-order chi connectivity index (χ0) is 17.5. The molecule has 0 bridgehead atoms. The molecule has 0 saturated carbocycles. The highest BCUT2D eigenvalue weighted by Crippen LogP contribution is 2.20. The van der Waals surface area contributed by atoms with Gasteiger partial charge in [0.25, 0.3) is 0 Å². The van der Waals surface area contributed by atoms with Crippen LogP contribution in [-0.4, -0.2) is 23.0 Å². The molecule has 3 aromatic rings. The third kappa shape index (κ3) is 4.41. The first-order chi connectivity index (χ1) is 12.3. The van der Waals surface area contributed by atoms with Crippen molar-refractivity contribution in [3.05, 3.63) is 78.2 Å². The van der Waals surface area contributed by atoms with E-state index < -0.39 is 0 Å². The lowest BCUT2D eigenvalue weighted by molar-refractivity contribution is -0.120. The summed E-state index contributed by atoms with van der Waals surface area (Å²) in [5.74, 6) is 0.700. The third-order valence-electron chi connectivity index (χ3n) is 3.80. The molecular weight excluding hydrogens is 314 g/mol. The molecule has 0 unspecified atom stereocenters. The van der Waals surface area contributed by atoms with Crippen molar-refractivity contribution in [1.29, 1.82) is 0 Å². The number of carbonyl (C=O) groups excluding carboxylic acids is 1. The van der Waals surface area contributed by atoms with Gasteiger partial charge >= 0.3 is 0 Å². The number of pyridine rings is 2. The van der Waals surface area contributed by atoms with E-state index in [2.05, 4.69) is 15.3 Å². The van der Waals surface area contributed by atoms with Gasteiger partial charge in [-0.1, -0.05) is 18.2 Å². The van der Waals surface area contributed by atoms with E-state index in [1.54, 1.807) is 25.7 Å². The van der Waals surface area contributed by atoms with Crippen LogP contribution in [0.2, 0.25) is 0 Å². The van der Waals surface area contributed by atoms with Crippen LogP contribution >= 0.6 is 0 Å². The van der Waals surface area contributed by atoms with Crippen LogP contribution in [0, 0.1) is 0 Å². The summed E-state index contributed by atoms with van der Waals surface area (Å²) >= 11 is 0. The highest BCUT2D eigenvalue weighted by Gasteiger charge is 2.09. The molecular formula is C20H19N3O2. The highest BCUT2D eigenvalue weighted by atomic mass is 16.5. The SMILES string of the molecule is COc1cccc(CC(=O)NCc2cccnc2-c2cccnc2)c1. The second-order valence-electron chi connectivity index (χ2n) is 5.56. The Morgan fingerprint density at radius 1 is 1.12 bits per heavy atom. The Bertz CT molecular complexity index is 850. The lowest BCUT2D eigenvalue weighted by atomic mass is 10.1. The number of nitrogens with one attached hydrogen (secondary N) is 1. The molecule has 3 rings (SSSR count). The van der Waals surface area contributed by atoms with Crippen molar-refractivity contribution in [3.63, 3.8) is 0 Å². The Morgan fingerprint density at radius 2 is 2.00 bits per heavy atom. The molecule has 1 amide bonds. The van der Waals surface area contributed by atoms with Crippen molar-refractivity contribution >= 4 is 5.91 Å². The Kier molecular flexibility index (Phi) is 5.36. The quantitative estimate of drug-likeness (QED) is 0.753. The van der Waals surface area contributed by atoms with Gasteiger partial charge in [-0.25, -0.2) is 0 Å². The predicted octanol–water partition coefficient (Wildman–Crippen LogP) is 3.01. The molecule has 126 valence electrons. The molecule has 0 radical (unpaired) electrons. The van der Waals surface area contributed by atoms with Crippen LogP contribution in [0.25, 0.3) is 11.3 Å². The first-order valence-corrected chi connectivity index (χ1v) is 8.00. The van der Waals surface area contributed by atoms with Crippen molar-refractivity contribution < 1.29 is 9.53 Å². The molecule has 2 aromatic heterocycles. The molecule has 1 N–H and O–H groups in total. The third-order valence-corrected chi connectivity index (χ3v) is 3.80. The molecule has 0 aliphatic heterocycles. The molecule has 5 heteroatoms. The summed E-state index contributed by atoms with van der Waals surface area (Å²) in [6.07, 6.45) is 5.54. The van der Waals surface area contributed by atoms with Gasteiger partial charge < -0.3 is 10.1 Å². The van der Waals surface area contributed by atoms with Gasteiger partial charge in [-0.3, -0.25) is 14.8 Å². The maximum atomic E-state index is 12.2. The fourth-order valence-corrected chi connectivity index (χ4v) is 2.57. The predicted molar refractivity (Wildman–Crippen MR) is 96.0 cm³/mol. The van der Waals surface area contributed by atoms with Crippen molar-refractivity contribution in [2.75, 3.05) is 7.11 Å². The summed E-state index contributed by atoms with van der Waals surface area (Å²) in [6.45, 7) is 0.418. The first kappa shape index (κ1) is 16.6. The Balaban J connectivity index is 1.66. The monoisotopic (exact) mass is 333 g/mol. The number of ether oxygens (including phenoxy) is 1. The van der Waals surface area contributed by atoms with Crippen LogP contribution in [0.15, 0.2) is 67.1 Å². The first-order valence-electron chi connectivity index (χ1n) is 8.00. The van der Waals surface area contributed by atoms with E-state index in [-0.39, 0.29) is 5.91 Å². The van der Waals surface area contributed by atoms with Gasteiger partial charge in [0, 0.05) is 30.7 Å². The van der Waals surface area contributed by atoms with Gasteiger partial charge in [-0.05, 0) is 41.5 Å². The zero-order valence-corrected chi connectivity index (χ0v) is 14.0. The van der Waals surface area contributed by atoms with Crippen LogP contribution in [0.5, 0.6) is 5.75 Å². The van der Waals surface area contributed by atoms with Gasteiger partial charge in [0.1, 0.15) is 5.75 Å². The van der Waals surface area contributed by atoms with Gasteiger partial charge in [0.05, 0.1) is 19.2 Å². The van der Waals surface area contributed by atoms with E-state index >= 15 is 0 Å². The lowest BCUT2D eigenvalue weighted by Crippen LogP contribution is -2.25. The smallest absolute Gasteiger partial charge is 0.224 e. The molecule has 5 nitrogen and oxygen atoms in total. The van der Waals surface area contributed by atoms with Gasteiger partial charge in [-0.2, -0.15) is 0 Å². The van der Waals surface area contributed by atoms with Crippen molar-refractivity contribution in [1.82, 2.24) is 15.3 Å². The fourth-order valence-electron chi connectivity index (χ4n) is 2.57. The van der Waals surface area contributed by atoms with E-state index in [0.717, 1.165) is 28.1 Å². The molecule has 0 aliphatic rings. The Morgan fingerprint density at radius 3 is 2.80 bits per heavy atom. The average molecular weight is 333 g/mol. The summed E-state index contributed by atoms with van der Waals surface area (Å²) < 4.78 is 5.18. The van der Waals surface area contributed by atoms with E-state index in [9.17, 15) is 4.79 Å². The van der Waals surface area contributed by atoms with Crippen molar-refractivity contribution in [2.45, 2.75) is 13.0 Å². The van der Waals surface area contributed by atoms with Crippen LogP contribution in [0.1, 0.15) is 11.1 Å². The van der Waals surface area contributed by atoms with Gasteiger partial charge in [-0.15, -0.1) is 0 Å². The van der Waals surface area contributed by atoms with E-state index in [1.165, 1.54) is 0 Å². The molecule has 0 spiro atoms. The molecule has 0 fully saturated rings. The molecule has 1 aromatic carbocycles. The second kappa shape index (κ2) is 8.06. The molecule has 0 atom stereocenters. The van der Waals surface area contributed by atoms with E-state index in [1.807, 2.05) is 48.5 Å². The maximum absolute atomic E-state index is 12.2. The second-order valence-corrected chi connectivity index (χ2v) is 5.56. The Labute approximate surface area is 146 Å². The number of amides is 1. The van der Waals surface area contributed by atoms with Crippen molar-refractivity contribution in [2.24, 2.45) is 0 Å². The maximum Gasteiger partial charge on any atom is 0.224 e. The summed E-state index contributed by atoms with van der Waals surface area (Å²) in [5.41, 5.74) is 3.63. The average Bonchev–Trinajstić information content (AvgIpc) is 2.67. The molecule has 25 heavy (non-hydrogen) atoms. The van der Waals surface area contributed by atoms with E-state index in [4.69, 9.17) is 4.74 Å². The highest BCUT2D eigenvalue weighted by molar-refractivity contribution is 5.79. The molecule has 0 aliphatic carbocycles. The summed E-state index contributed by atoms with van der Waals surface area (Å²) in [5, 5.41) is 2.95. The summed E-state index contributed by atoms with van der Waals surface area (Å²) in [6, 6.07) is 15.2. The van der Waals surface area contributed by atoms with Crippen LogP contribution in [0.4, 0.5) is 0 Å². The minimum absolute atomic E-state index is 0.0470. The number of carbonyl (C=O) groups is 1. The number of rotatable bonds is 6. The van der Waals surface area contributed by atoms with E-state index in [0.29, 0.717) is 13.0 Å². The number of benzene rings is 1. The number of methoxy groups -OCH3 is 1. The largest absolute Gasteiger partial charge is 0.497 e. The number of hydrogen-bond donors (Lipinski definition) is 1. The van der Waals surface area contributed by atoms with Crippen LogP contribution in [-0.2, 0) is 17.8 Å². The van der Waals surface area contributed by atoms with Crippen LogP contribution in [0.3, 0.4) is 0 Å². The van der Waals surface area contributed by atoms with Crippen molar-refractivity contribution in [3.8, 4) is 17.0 Å². The number of hydrogen-bond acceptors (Lipinski definition) is 4. The normalized spacial score (nSPS) is 10.3. The van der Waals surface area contributed by atoms with Gasteiger partial charge in [0.15, 0.2) is 0 Å². The van der Waals surface area contributed by atoms with Gasteiger partial charge in [0.2, 0.25) is 5.91 Å². The Hall–Kier alpha value is -3.21. The topological polar surface area (TPSA) is 64.1 Å². The molecule has 0 saturated heterocycles. The minimum atomic E-state index is -0.0470. The standard InChI is InChI=1S/C20H19N3O2/c1-25-18-8-2-5-15(11-18)12-19(24)23-14-17-7-4-10-22-20(17)16-6-3-9-21-13-16/h2-11,13H,12,14H2,1H3,(H,23,24). The minimum Gasteiger partial charge on any atom is -0.497 e. The number of nitrogens with zero attached hydrogens (tertiary/aromatic N) is 2. The zero-order valence-electron chi connectivity index (χ0n) is 14.0. The van der Waals surface area contributed by atoms with Crippen LogP contribution < -0.4 is 10.1 Å². The fraction of sp³-hybridized carbons (Fsp3) is 0.150. The number of aromatic nitrogens is 2. The summed E-state index contributed by atoms with van der Waals surface area (Å²) in [7, 11) is 1.61. The summed E-state index contributed by atoms with van der Waals surface area (Å²) in [4.78, 5) is 20.8. The molecule has 2 heterocycles. The lowest BCUT2D eigenvalue weighted by Gasteiger charge is -2.10.